The quantitative estimate of drug-likeness (QED) is 0.874. The van der Waals surface area contributed by atoms with Crippen molar-refractivity contribution < 1.29 is 4.79 Å². The summed E-state index contributed by atoms with van der Waals surface area (Å²) in [6.07, 6.45) is 5.21. The van der Waals surface area contributed by atoms with Gasteiger partial charge in [0.05, 0.1) is 17.8 Å². The maximum Gasteiger partial charge on any atom is 0.254 e. The number of rotatable bonds is 4. The van der Waals surface area contributed by atoms with Crippen LogP contribution in [-0.4, -0.2) is 20.7 Å². The van der Waals surface area contributed by atoms with Gasteiger partial charge in [0.15, 0.2) is 0 Å². The summed E-state index contributed by atoms with van der Waals surface area (Å²) in [4.78, 5) is 15.9. The second kappa shape index (κ2) is 5.84. The minimum absolute atomic E-state index is 0.135. The van der Waals surface area contributed by atoms with Crippen LogP contribution in [0.5, 0.6) is 0 Å². The largest absolute Gasteiger partial charge is 0.345 e. The summed E-state index contributed by atoms with van der Waals surface area (Å²) in [6.45, 7) is 4.71. The predicted molar refractivity (Wildman–Crippen MR) is 73.0 cm³/mol. The number of nitrogens with zero attached hydrogens (tertiary/aromatic N) is 3. The molecule has 0 spiro atoms. The van der Waals surface area contributed by atoms with E-state index in [2.05, 4.69) is 15.4 Å². The van der Waals surface area contributed by atoms with E-state index in [-0.39, 0.29) is 17.1 Å². The van der Waals surface area contributed by atoms with E-state index in [0.29, 0.717) is 5.56 Å². The SMILES string of the molecule is CCn1cc(C(C)NC(=O)c2cccnc2Cl)cn1. The molecule has 1 atom stereocenters. The van der Waals surface area contributed by atoms with E-state index < -0.39 is 0 Å². The average Bonchev–Trinajstić information content (AvgIpc) is 2.88. The molecule has 0 aliphatic rings. The van der Waals surface area contributed by atoms with E-state index in [0.717, 1.165) is 12.1 Å². The van der Waals surface area contributed by atoms with Gasteiger partial charge in [0, 0.05) is 24.5 Å². The van der Waals surface area contributed by atoms with Crippen LogP contribution in [0.25, 0.3) is 0 Å². The molecule has 0 fully saturated rings. The van der Waals surface area contributed by atoms with Crippen LogP contribution in [0, 0.1) is 0 Å². The molecule has 5 nitrogen and oxygen atoms in total. The normalized spacial score (nSPS) is 12.2. The van der Waals surface area contributed by atoms with Crippen molar-refractivity contribution in [1.82, 2.24) is 20.1 Å². The van der Waals surface area contributed by atoms with E-state index in [4.69, 9.17) is 11.6 Å². The summed E-state index contributed by atoms with van der Waals surface area (Å²) in [5.41, 5.74) is 1.33. The smallest absolute Gasteiger partial charge is 0.254 e. The Morgan fingerprint density at radius 2 is 2.37 bits per heavy atom. The number of carbonyl (C=O) groups is 1. The number of carbonyl (C=O) groups excluding carboxylic acids is 1. The number of amides is 1. The molecule has 0 bridgehead atoms. The first-order chi connectivity index (χ1) is 9.11. The van der Waals surface area contributed by atoms with E-state index in [1.165, 1.54) is 0 Å². The van der Waals surface area contributed by atoms with Gasteiger partial charge in [0.2, 0.25) is 0 Å². The zero-order valence-electron chi connectivity index (χ0n) is 10.8. The molecular formula is C13H15ClN4O. The molecule has 2 heterocycles. The molecule has 0 aliphatic heterocycles. The molecule has 1 N–H and O–H groups in total. The summed E-state index contributed by atoms with van der Waals surface area (Å²) in [6, 6.07) is 3.19. The van der Waals surface area contributed by atoms with Gasteiger partial charge in [-0.25, -0.2) is 4.98 Å². The standard InChI is InChI=1S/C13H15ClN4O/c1-3-18-8-10(7-16-18)9(2)17-13(19)11-5-4-6-15-12(11)14/h4-9H,3H2,1-2H3,(H,17,19). The fourth-order valence-electron chi connectivity index (χ4n) is 1.69. The van der Waals surface area contributed by atoms with Crippen LogP contribution in [0.2, 0.25) is 5.15 Å². The molecule has 6 heteroatoms. The Kier molecular flexibility index (Phi) is 4.16. The molecular weight excluding hydrogens is 264 g/mol. The first-order valence-electron chi connectivity index (χ1n) is 6.05. The third-order valence-electron chi connectivity index (χ3n) is 2.83. The molecule has 19 heavy (non-hydrogen) atoms. The fraction of sp³-hybridized carbons (Fsp3) is 0.308. The van der Waals surface area contributed by atoms with Crippen LogP contribution in [-0.2, 0) is 6.54 Å². The van der Waals surface area contributed by atoms with Crippen molar-refractivity contribution in [2.75, 3.05) is 0 Å². The number of aryl methyl sites for hydroxylation is 1. The lowest BCUT2D eigenvalue weighted by Gasteiger charge is -2.12. The van der Waals surface area contributed by atoms with Crippen molar-refractivity contribution in [1.29, 1.82) is 0 Å². The number of hydrogen-bond acceptors (Lipinski definition) is 3. The van der Waals surface area contributed by atoms with E-state index in [9.17, 15) is 4.79 Å². The third kappa shape index (κ3) is 3.12. The minimum atomic E-state index is -0.241. The number of aromatic nitrogens is 3. The summed E-state index contributed by atoms with van der Waals surface area (Å²) in [5.74, 6) is -0.241. The average molecular weight is 279 g/mol. The summed E-state index contributed by atoms with van der Waals surface area (Å²) >= 11 is 5.89. The van der Waals surface area contributed by atoms with E-state index in [1.807, 2.05) is 24.7 Å². The van der Waals surface area contributed by atoms with Gasteiger partial charge in [-0.2, -0.15) is 5.10 Å². The van der Waals surface area contributed by atoms with Crippen LogP contribution in [0.1, 0.15) is 35.8 Å². The number of halogens is 1. The summed E-state index contributed by atoms with van der Waals surface area (Å²) in [7, 11) is 0. The molecule has 2 rings (SSSR count). The highest BCUT2D eigenvalue weighted by Gasteiger charge is 2.15. The van der Waals surface area contributed by atoms with Crippen molar-refractivity contribution >= 4 is 17.5 Å². The van der Waals surface area contributed by atoms with Crippen molar-refractivity contribution in [2.24, 2.45) is 0 Å². The number of hydrogen-bond donors (Lipinski definition) is 1. The molecule has 1 unspecified atom stereocenters. The highest BCUT2D eigenvalue weighted by molar-refractivity contribution is 6.32. The van der Waals surface area contributed by atoms with Gasteiger partial charge in [-0.3, -0.25) is 9.48 Å². The highest BCUT2D eigenvalue weighted by atomic mass is 35.5. The summed E-state index contributed by atoms with van der Waals surface area (Å²) in [5, 5.41) is 7.26. The van der Waals surface area contributed by atoms with Crippen LogP contribution in [0.15, 0.2) is 30.7 Å². The Hall–Kier alpha value is -1.88. The first-order valence-corrected chi connectivity index (χ1v) is 6.43. The molecule has 0 saturated carbocycles. The zero-order chi connectivity index (χ0) is 13.8. The minimum Gasteiger partial charge on any atom is -0.345 e. The lowest BCUT2D eigenvalue weighted by atomic mass is 10.1. The second-order valence-corrected chi connectivity index (χ2v) is 4.52. The van der Waals surface area contributed by atoms with Crippen LogP contribution in [0.4, 0.5) is 0 Å². The van der Waals surface area contributed by atoms with Gasteiger partial charge in [-0.1, -0.05) is 11.6 Å². The maximum absolute atomic E-state index is 12.1. The Balaban J connectivity index is 2.08. The van der Waals surface area contributed by atoms with Crippen molar-refractivity contribution in [3.8, 4) is 0 Å². The van der Waals surface area contributed by atoms with Crippen LogP contribution < -0.4 is 5.32 Å². The van der Waals surface area contributed by atoms with Crippen LogP contribution >= 0.6 is 11.6 Å². The molecule has 0 aliphatic carbocycles. The molecule has 2 aromatic rings. The molecule has 0 aromatic carbocycles. The van der Waals surface area contributed by atoms with E-state index >= 15 is 0 Å². The van der Waals surface area contributed by atoms with Gasteiger partial charge in [-0.05, 0) is 26.0 Å². The van der Waals surface area contributed by atoms with E-state index in [1.54, 1.807) is 24.5 Å². The zero-order valence-corrected chi connectivity index (χ0v) is 11.6. The highest BCUT2D eigenvalue weighted by Crippen LogP contribution is 2.15. The predicted octanol–water partition coefficient (Wildman–Crippen LogP) is 2.44. The molecule has 1 amide bonds. The molecule has 0 saturated heterocycles. The van der Waals surface area contributed by atoms with Crippen molar-refractivity contribution in [3.05, 3.63) is 47.0 Å². The van der Waals surface area contributed by atoms with Gasteiger partial charge in [0.25, 0.3) is 5.91 Å². The first kappa shape index (κ1) is 13.5. The fourth-order valence-corrected chi connectivity index (χ4v) is 1.89. The lowest BCUT2D eigenvalue weighted by molar-refractivity contribution is 0.0939. The van der Waals surface area contributed by atoms with Gasteiger partial charge >= 0.3 is 0 Å². The molecule has 2 aromatic heterocycles. The second-order valence-electron chi connectivity index (χ2n) is 4.17. The monoisotopic (exact) mass is 278 g/mol. The van der Waals surface area contributed by atoms with Crippen LogP contribution in [0.3, 0.4) is 0 Å². The Morgan fingerprint density at radius 3 is 3.00 bits per heavy atom. The Morgan fingerprint density at radius 1 is 1.58 bits per heavy atom. The third-order valence-corrected chi connectivity index (χ3v) is 3.13. The van der Waals surface area contributed by atoms with Crippen molar-refractivity contribution in [2.45, 2.75) is 26.4 Å². The Labute approximate surface area is 116 Å². The molecule has 0 radical (unpaired) electrons. The Bertz CT molecular complexity index is 582. The van der Waals surface area contributed by atoms with Crippen molar-refractivity contribution in [3.63, 3.8) is 0 Å². The topological polar surface area (TPSA) is 59.8 Å². The number of nitrogens with one attached hydrogen (secondary N) is 1. The lowest BCUT2D eigenvalue weighted by Crippen LogP contribution is -2.26. The summed E-state index contributed by atoms with van der Waals surface area (Å²) < 4.78 is 1.81. The maximum atomic E-state index is 12.1. The number of pyridine rings is 1. The van der Waals surface area contributed by atoms with Gasteiger partial charge in [0.1, 0.15) is 5.15 Å². The van der Waals surface area contributed by atoms with Gasteiger partial charge < -0.3 is 5.32 Å². The van der Waals surface area contributed by atoms with Gasteiger partial charge in [-0.15, -0.1) is 0 Å². The molecule has 100 valence electrons.